The van der Waals surface area contributed by atoms with Crippen LogP contribution in [0.5, 0.6) is 17.2 Å². The molecule has 3 aromatic rings. The van der Waals surface area contributed by atoms with Crippen LogP contribution in [0.2, 0.25) is 5.02 Å². The highest BCUT2D eigenvalue weighted by molar-refractivity contribution is 6.53. The van der Waals surface area contributed by atoms with E-state index in [1.807, 2.05) is 0 Å². The van der Waals surface area contributed by atoms with E-state index in [1.54, 1.807) is 55.6 Å². The van der Waals surface area contributed by atoms with Gasteiger partial charge in [-0.15, -0.1) is 0 Å². The second-order valence-electron chi connectivity index (χ2n) is 7.22. The fraction of sp³-hybridized carbons (Fsp3) is 0.0800. The van der Waals surface area contributed by atoms with Crippen LogP contribution in [0.4, 0.5) is 11.4 Å². The number of nitrogens with zero attached hydrogens (tertiary/aromatic N) is 1. The van der Waals surface area contributed by atoms with Crippen LogP contribution in [0.1, 0.15) is 10.4 Å². The molecule has 2 amide bonds. The maximum atomic E-state index is 13.1. The summed E-state index contributed by atoms with van der Waals surface area (Å²) >= 11 is 12.2. The summed E-state index contributed by atoms with van der Waals surface area (Å²) in [6.45, 7) is 0. The van der Waals surface area contributed by atoms with E-state index in [0.29, 0.717) is 22.2 Å². The SMILES string of the molecule is COc1ccc(OC(=O)c2ccc(NC3=C(Cl)C(=O)N(c4cc(Cl)ccc4OC)C3=O)cc2)cc1. The van der Waals surface area contributed by atoms with Crippen LogP contribution >= 0.6 is 23.2 Å². The fourth-order valence-corrected chi connectivity index (χ4v) is 3.69. The Balaban J connectivity index is 1.49. The second-order valence-corrected chi connectivity index (χ2v) is 8.03. The third kappa shape index (κ3) is 4.94. The molecule has 0 atom stereocenters. The van der Waals surface area contributed by atoms with Crippen LogP contribution < -0.4 is 24.4 Å². The van der Waals surface area contributed by atoms with Gasteiger partial charge in [-0.25, -0.2) is 9.69 Å². The molecule has 0 aliphatic carbocycles. The molecule has 1 N–H and O–H groups in total. The van der Waals surface area contributed by atoms with Gasteiger partial charge in [0.05, 0.1) is 25.5 Å². The molecular formula is C25H18Cl2N2O6. The first-order valence-electron chi connectivity index (χ1n) is 10.2. The van der Waals surface area contributed by atoms with Crippen molar-refractivity contribution in [3.63, 3.8) is 0 Å². The molecule has 10 heteroatoms. The van der Waals surface area contributed by atoms with Gasteiger partial charge in [0, 0.05) is 10.7 Å². The number of nitrogens with one attached hydrogen (secondary N) is 1. The Morgan fingerprint density at radius 3 is 2.11 bits per heavy atom. The summed E-state index contributed by atoms with van der Waals surface area (Å²) in [7, 11) is 2.95. The summed E-state index contributed by atoms with van der Waals surface area (Å²) in [6.07, 6.45) is 0. The smallest absolute Gasteiger partial charge is 0.343 e. The number of esters is 1. The topological polar surface area (TPSA) is 94.2 Å². The van der Waals surface area contributed by atoms with Crippen molar-refractivity contribution in [1.29, 1.82) is 0 Å². The lowest BCUT2D eigenvalue weighted by Gasteiger charge is -2.18. The molecule has 0 unspecified atom stereocenters. The highest BCUT2D eigenvalue weighted by atomic mass is 35.5. The summed E-state index contributed by atoms with van der Waals surface area (Å²) in [5.74, 6) is -0.683. The normalized spacial score (nSPS) is 13.2. The molecule has 0 saturated heterocycles. The van der Waals surface area contributed by atoms with E-state index in [1.165, 1.54) is 25.3 Å². The first-order valence-corrected chi connectivity index (χ1v) is 10.9. The number of carbonyl (C=O) groups is 3. The first kappa shape index (κ1) is 24.1. The molecule has 8 nitrogen and oxygen atoms in total. The highest BCUT2D eigenvalue weighted by Crippen LogP contribution is 2.37. The van der Waals surface area contributed by atoms with Gasteiger partial charge in [-0.05, 0) is 66.7 Å². The molecule has 1 aliphatic heterocycles. The Hall–Kier alpha value is -4.01. The largest absolute Gasteiger partial charge is 0.497 e. The molecule has 4 rings (SSSR count). The minimum Gasteiger partial charge on any atom is -0.497 e. The third-order valence-corrected chi connectivity index (χ3v) is 5.65. The molecule has 35 heavy (non-hydrogen) atoms. The van der Waals surface area contributed by atoms with Gasteiger partial charge in [0.15, 0.2) is 0 Å². The zero-order valence-electron chi connectivity index (χ0n) is 18.5. The van der Waals surface area contributed by atoms with E-state index in [0.717, 1.165) is 4.90 Å². The maximum absolute atomic E-state index is 13.1. The average molecular weight is 513 g/mol. The number of halogens is 2. The average Bonchev–Trinajstić information content (AvgIpc) is 3.07. The van der Waals surface area contributed by atoms with Crippen LogP contribution in [0.3, 0.4) is 0 Å². The quantitative estimate of drug-likeness (QED) is 0.270. The number of benzene rings is 3. The van der Waals surface area contributed by atoms with Crippen molar-refractivity contribution in [2.24, 2.45) is 0 Å². The Kier molecular flexibility index (Phi) is 6.95. The van der Waals surface area contributed by atoms with Crippen LogP contribution in [0, 0.1) is 0 Å². The van der Waals surface area contributed by atoms with Crippen LogP contribution in [0.15, 0.2) is 77.5 Å². The van der Waals surface area contributed by atoms with Crippen LogP contribution in [0.25, 0.3) is 0 Å². The number of carbonyl (C=O) groups excluding carboxylic acids is 3. The van der Waals surface area contributed by atoms with E-state index in [4.69, 9.17) is 37.4 Å². The summed E-state index contributed by atoms with van der Waals surface area (Å²) < 4.78 is 15.7. The van der Waals surface area contributed by atoms with Gasteiger partial charge in [0.2, 0.25) is 0 Å². The fourth-order valence-electron chi connectivity index (χ4n) is 3.31. The van der Waals surface area contributed by atoms with E-state index >= 15 is 0 Å². The summed E-state index contributed by atoms with van der Waals surface area (Å²) in [5.41, 5.74) is 0.764. The summed E-state index contributed by atoms with van der Waals surface area (Å²) in [4.78, 5) is 39.1. The number of methoxy groups -OCH3 is 2. The predicted molar refractivity (Wildman–Crippen MR) is 131 cm³/mol. The van der Waals surface area contributed by atoms with Crippen molar-refractivity contribution in [2.75, 3.05) is 24.4 Å². The van der Waals surface area contributed by atoms with Gasteiger partial charge < -0.3 is 19.5 Å². The first-order chi connectivity index (χ1) is 16.8. The Bertz CT molecular complexity index is 1340. The van der Waals surface area contributed by atoms with Gasteiger partial charge in [0.25, 0.3) is 11.8 Å². The molecular weight excluding hydrogens is 495 g/mol. The van der Waals surface area contributed by atoms with Crippen molar-refractivity contribution >= 4 is 52.4 Å². The van der Waals surface area contributed by atoms with E-state index in [-0.39, 0.29) is 27.7 Å². The molecule has 0 radical (unpaired) electrons. The summed E-state index contributed by atoms with van der Waals surface area (Å²) in [5, 5.41) is 2.87. The minimum absolute atomic E-state index is 0.118. The van der Waals surface area contributed by atoms with Gasteiger partial charge >= 0.3 is 5.97 Å². The highest BCUT2D eigenvalue weighted by Gasteiger charge is 2.40. The number of hydrogen-bond donors (Lipinski definition) is 1. The molecule has 0 saturated carbocycles. The number of hydrogen-bond acceptors (Lipinski definition) is 7. The van der Waals surface area contributed by atoms with Crippen LogP contribution in [-0.4, -0.2) is 32.0 Å². The number of anilines is 2. The Morgan fingerprint density at radius 1 is 0.829 bits per heavy atom. The van der Waals surface area contributed by atoms with Gasteiger partial charge in [-0.1, -0.05) is 23.2 Å². The molecule has 1 aliphatic rings. The Morgan fingerprint density at radius 2 is 1.49 bits per heavy atom. The molecule has 1 heterocycles. The third-order valence-electron chi connectivity index (χ3n) is 5.07. The van der Waals surface area contributed by atoms with Crippen molar-refractivity contribution < 1.29 is 28.6 Å². The number of rotatable bonds is 7. The molecule has 0 spiro atoms. The van der Waals surface area contributed by atoms with E-state index in [9.17, 15) is 14.4 Å². The lowest BCUT2D eigenvalue weighted by atomic mass is 10.2. The van der Waals surface area contributed by atoms with Crippen molar-refractivity contribution in [2.45, 2.75) is 0 Å². The monoisotopic (exact) mass is 512 g/mol. The minimum atomic E-state index is -0.723. The molecule has 3 aromatic carbocycles. The van der Waals surface area contributed by atoms with E-state index < -0.39 is 17.8 Å². The van der Waals surface area contributed by atoms with Crippen molar-refractivity contribution in [3.05, 3.63) is 88.0 Å². The van der Waals surface area contributed by atoms with Gasteiger partial charge in [0.1, 0.15) is 28.0 Å². The van der Waals surface area contributed by atoms with Gasteiger partial charge in [-0.3, -0.25) is 9.59 Å². The summed E-state index contributed by atoms with van der Waals surface area (Å²) in [6, 6.07) is 17.3. The lowest BCUT2D eigenvalue weighted by molar-refractivity contribution is -0.120. The van der Waals surface area contributed by atoms with Gasteiger partial charge in [-0.2, -0.15) is 0 Å². The number of imide groups is 1. The second kappa shape index (κ2) is 10.1. The predicted octanol–water partition coefficient (Wildman–Crippen LogP) is 5.01. The van der Waals surface area contributed by atoms with Crippen LogP contribution in [-0.2, 0) is 9.59 Å². The van der Waals surface area contributed by atoms with E-state index in [2.05, 4.69) is 5.32 Å². The maximum Gasteiger partial charge on any atom is 0.343 e. The van der Waals surface area contributed by atoms with Crippen molar-refractivity contribution in [1.82, 2.24) is 0 Å². The zero-order valence-corrected chi connectivity index (χ0v) is 20.0. The molecule has 0 aromatic heterocycles. The molecule has 0 fully saturated rings. The Labute approximate surface area is 210 Å². The lowest BCUT2D eigenvalue weighted by Crippen LogP contribution is -2.32. The number of ether oxygens (including phenoxy) is 3. The molecule has 178 valence electrons. The zero-order chi connectivity index (χ0) is 25.1. The molecule has 0 bridgehead atoms. The standard InChI is InChI=1S/C25H18Cl2N2O6/c1-33-17-8-10-18(11-9-17)35-25(32)14-3-6-16(7-4-14)28-22-21(27)23(30)29(24(22)31)19-13-15(26)5-12-20(19)34-2/h3-13,28H,1-2H3. The number of amides is 2. The van der Waals surface area contributed by atoms with Crippen molar-refractivity contribution in [3.8, 4) is 17.2 Å².